The molecule has 4 nitrogen and oxygen atoms in total. The van der Waals surface area contributed by atoms with Crippen LogP contribution >= 0.6 is 0 Å². The first-order valence-electron chi connectivity index (χ1n) is 4.98. The molecule has 0 aliphatic carbocycles. The van der Waals surface area contributed by atoms with Gasteiger partial charge < -0.3 is 10.5 Å². The molecule has 15 heavy (non-hydrogen) atoms. The molecule has 0 atom stereocenters. The summed E-state index contributed by atoms with van der Waals surface area (Å²) < 4.78 is 4.94. The lowest BCUT2D eigenvalue weighted by Crippen LogP contribution is -2.31. The first-order chi connectivity index (χ1) is 7.19. The van der Waals surface area contributed by atoms with Crippen LogP contribution in [0.15, 0.2) is 24.3 Å². The number of anilines is 2. The third-order valence-corrected chi connectivity index (χ3v) is 1.99. The van der Waals surface area contributed by atoms with Crippen LogP contribution < -0.4 is 10.6 Å². The number of nitrogens with zero attached hydrogens (tertiary/aromatic N) is 1. The minimum absolute atomic E-state index is 0.342. The lowest BCUT2D eigenvalue weighted by atomic mass is 10.2. The van der Waals surface area contributed by atoms with E-state index in [2.05, 4.69) is 0 Å². The smallest absolute Gasteiger partial charge is 0.414 e. The Morgan fingerprint density at radius 1 is 1.47 bits per heavy atom. The van der Waals surface area contributed by atoms with E-state index < -0.39 is 0 Å². The molecule has 0 saturated heterocycles. The van der Waals surface area contributed by atoms with Gasteiger partial charge in [0.15, 0.2) is 0 Å². The molecule has 0 aliphatic heterocycles. The second-order valence-electron chi connectivity index (χ2n) is 3.04. The Morgan fingerprint density at radius 3 is 2.73 bits per heavy atom. The van der Waals surface area contributed by atoms with E-state index in [4.69, 9.17) is 10.5 Å². The van der Waals surface area contributed by atoms with Crippen molar-refractivity contribution in [3.8, 4) is 0 Å². The lowest BCUT2D eigenvalue weighted by Gasteiger charge is -2.20. The van der Waals surface area contributed by atoms with E-state index in [0.29, 0.717) is 18.8 Å². The number of carbonyl (C=O) groups is 1. The minimum Gasteiger partial charge on any atom is -0.449 e. The van der Waals surface area contributed by atoms with E-state index in [-0.39, 0.29) is 6.09 Å². The van der Waals surface area contributed by atoms with Gasteiger partial charge in [-0.05, 0) is 32.0 Å². The van der Waals surface area contributed by atoms with E-state index >= 15 is 0 Å². The average molecular weight is 208 g/mol. The van der Waals surface area contributed by atoms with Crippen LogP contribution in [0.2, 0.25) is 0 Å². The average Bonchev–Trinajstić information content (AvgIpc) is 2.19. The molecule has 0 bridgehead atoms. The molecule has 2 N–H and O–H groups in total. The van der Waals surface area contributed by atoms with E-state index in [1.54, 1.807) is 24.0 Å². The SMILES string of the molecule is CCOC(=O)N(CC)c1cccc(N)c1. The van der Waals surface area contributed by atoms with E-state index in [1.807, 2.05) is 19.1 Å². The van der Waals surface area contributed by atoms with Crippen molar-refractivity contribution in [2.75, 3.05) is 23.8 Å². The highest BCUT2D eigenvalue weighted by atomic mass is 16.6. The van der Waals surface area contributed by atoms with Gasteiger partial charge in [0.2, 0.25) is 0 Å². The molecule has 0 aliphatic rings. The van der Waals surface area contributed by atoms with Gasteiger partial charge in [-0.3, -0.25) is 4.90 Å². The topological polar surface area (TPSA) is 55.6 Å². The number of rotatable bonds is 3. The van der Waals surface area contributed by atoms with Crippen molar-refractivity contribution in [3.63, 3.8) is 0 Å². The van der Waals surface area contributed by atoms with Crippen molar-refractivity contribution >= 4 is 17.5 Å². The van der Waals surface area contributed by atoms with Crippen LogP contribution in [0.4, 0.5) is 16.2 Å². The molecule has 0 fully saturated rings. The third kappa shape index (κ3) is 2.87. The number of amides is 1. The number of nitrogen functional groups attached to an aromatic ring is 1. The number of benzene rings is 1. The molecule has 0 heterocycles. The van der Waals surface area contributed by atoms with Crippen molar-refractivity contribution < 1.29 is 9.53 Å². The fourth-order valence-corrected chi connectivity index (χ4v) is 1.31. The highest BCUT2D eigenvalue weighted by Gasteiger charge is 2.14. The first kappa shape index (κ1) is 11.4. The molecule has 1 amide bonds. The Bertz CT molecular complexity index is 339. The summed E-state index contributed by atoms with van der Waals surface area (Å²) in [5.41, 5.74) is 7.04. The molecule has 0 radical (unpaired) electrons. The van der Waals surface area contributed by atoms with Crippen LogP contribution in [0.5, 0.6) is 0 Å². The predicted molar refractivity (Wildman–Crippen MR) is 60.9 cm³/mol. The van der Waals surface area contributed by atoms with Gasteiger partial charge in [0.1, 0.15) is 0 Å². The van der Waals surface area contributed by atoms with Crippen molar-refractivity contribution in [1.82, 2.24) is 0 Å². The van der Waals surface area contributed by atoms with Crippen LogP contribution in [0.3, 0.4) is 0 Å². The van der Waals surface area contributed by atoms with Crippen molar-refractivity contribution in [2.45, 2.75) is 13.8 Å². The standard InChI is InChI=1S/C11H16N2O2/c1-3-13(11(14)15-4-2)10-7-5-6-9(12)8-10/h5-8H,3-4,12H2,1-2H3. The van der Waals surface area contributed by atoms with E-state index in [0.717, 1.165) is 5.69 Å². The maximum Gasteiger partial charge on any atom is 0.414 e. The Hall–Kier alpha value is -1.71. The summed E-state index contributed by atoms with van der Waals surface area (Å²) in [7, 11) is 0. The molecule has 1 aromatic carbocycles. The van der Waals surface area contributed by atoms with Crippen molar-refractivity contribution in [1.29, 1.82) is 0 Å². The molecule has 1 rings (SSSR count). The second kappa shape index (κ2) is 5.24. The van der Waals surface area contributed by atoms with Gasteiger partial charge >= 0.3 is 6.09 Å². The van der Waals surface area contributed by atoms with Gasteiger partial charge in [-0.25, -0.2) is 4.79 Å². The van der Waals surface area contributed by atoms with E-state index in [9.17, 15) is 4.79 Å². The number of hydrogen-bond donors (Lipinski definition) is 1. The predicted octanol–water partition coefficient (Wildman–Crippen LogP) is 2.25. The van der Waals surface area contributed by atoms with Gasteiger partial charge in [-0.2, -0.15) is 0 Å². The lowest BCUT2D eigenvalue weighted by molar-refractivity contribution is 0.160. The molecule has 0 spiro atoms. The fourth-order valence-electron chi connectivity index (χ4n) is 1.31. The van der Waals surface area contributed by atoms with Gasteiger partial charge in [0.25, 0.3) is 0 Å². The molecular formula is C11H16N2O2. The molecule has 0 unspecified atom stereocenters. The minimum atomic E-state index is -0.342. The summed E-state index contributed by atoms with van der Waals surface area (Å²) in [5, 5.41) is 0. The zero-order valence-electron chi connectivity index (χ0n) is 9.06. The molecular weight excluding hydrogens is 192 g/mol. The van der Waals surface area contributed by atoms with Crippen molar-refractivity contribution in [2.24, 2.45) is 0 Å². The first-order valence-corrected chi connectivity index (χ1v) is 4.98. The molecule has 82 valence electrons. The largest absolute Gasteiger partial charge is 0.449 e. The van der Waals surface area contributed by atoms with Gasteiger partial charge in [-0.15, -0.1) is 0 Å². The van der Waals surface area contributed by atoms with Gasteiger partial charge in [0.05, 0.1) is 6.61 Å². The van der Waals surface area contributed by atoms with Crippen LogP contribution in [0.25, 0.3) is 0 Å². The van der Waals surface area contributed by atoms with Crippen molar-refractivity contribution in [3.05, 3.63) is 24.3 Å². The Kier molecular flexibility index (Phi) is 3.97. The van der Waals surface area contributed by atoms with Crippen LogP contribution in [0.1, 0.15) is 13.8 Å². The summed E-state index contributed by atoms with van der Waals surface area (Å²) in [5.74, 6) is 0. The van der Waals surface area contributed by atoms with Crippen LogP contribution in [0, 0.1) is 0 Å². The molecule has 1 aromatic rings. The normalized spacial score (nSPS) is 9.73. The summed E-state index contributed by atoms with van der Waals surface area (Å²) >= 11 is 0. The fraction of sp³-hybridized carbons (Fsp3) is 0.364. The third-order valence-electron chi connectivity index (χ3n) is 1.99. The summed E-state index contributed by atoms with van der Waals surface area (Å²) in [6, 6.07) is 7.17. The highest BCUT2D eigenvalue weighted by Crippen LogP contribution is 2.17. The monoisotopic (exact) mass is 208 g/mol. The Morgan fingerprint density at radius 2 is 2.20 bits per heavy atom. The maximum atomic E-state index is 11.5. The molecule has 0 saturated carbocycles. The van der Waals surface area contributed by atoms with Gasteiger partial charge in [-0.1, -0.05) is 6.07 Å². The molecule has 0 aromatic heterocycles. The van der Waals surface area contributed by atoms with Crippen LogP contribution in [-0.2, 0) is 4.74 Å². The Labute approximate surface area is 89.6 Å². The van der Waals surface area contributed by atoms with E-state index in [1.165, 1.54) is 0 Å². The van der Waals surface area contributed by atoms with Gasteiger partial charge in [0, 0.05) is 17.9 Å². The number of nitrogens with two attached hydrogens (primary N) is 1. The van der Waals surface area contributed by atoms with Crippen LogP contribution in [-0.4, -0.2) is 19.2 Å². The second-order valence-corrected chi connectivity index (χ2v) is 3.04. The zero-order chi connectivity index (χ0) is 11.3. The number of carbonyl (C=O) groups excluding carboxylic acids is 1. The quantitative estimate of drug-likeness (QED) is 0.775. The summed E-state index contributed by atoms with van der Waals surface area (Å²) in [6.45, 7) is 4.60. The molecule has 4 heteroatoms. The Balaban J connectivity index is 2.87. The zero-order valence-corrected chi connectivity index (χ0v) is 9.06. The maximum absolute atomic E-state index is 11.5. The number of ether oxygens (including phenoxy) is 1. The summed E-state index contributed by atoms with van der Waals surface area (Å²) in [6.07, 6.45) is -0.342. The number of hydrogen-bond acceptors (Lipinski definition) is 3. The summed E-state index contributed by atoms with van der Waals surface area (Å²) in [4.78, 5) is 13.1. The highest BCUT2D eigenvalue weighted by molar-refractivity contribution is 5.88.